The summed E-state index contributed by atoms with van der Waals surface area (Å²) in [6.45, 7) is 3.29. The van der Waals surface area contributed by atoms with Crippen LogP contribution in [0.3, 0.4) is 0 Å². The van der Waals surface area contributed by atoms with Crippen LogP contribution in [0.2, 0.25) is 5.02 Å². The van der Waals surface area contributed by atoms with Crippen LogP contribution in [0.1, 0.15) is 31.4 Å². The molecule has 0 unspecified atom stereocenters. The van der Waals surface area contributed by atoms with Crippen LogP contribution in [0.25, 0.3) is 22.8 Å². The predicted octanol–water partition coefficient (Wildman–Crippen LogP) is 5.69. The molecule has 0 saturated heterocycles. The van der Waals surface area contributed by atoms with Crippen LogP contribution < -0.4 is 5.69 Å². The minimum absolute atomic E-state index is 0.0174. The summed E-state index contributed by atoms with van der Waals surface area (Å²) in [5.74, 6) is -1.38. The largest absolute Gasteiger partial charge is 0.400 e. The lowest BCUT2D eigenvalue weighted by molar-refractivity contribution is -0.210. The molecule has 2 aromatic carbocycles. The third kappa shape index (κ3) is 5.30. The first-order valence-corrected chi connectivity index (χ1v) is 10.3. The standard InChI is InChI=1S/C23H20ClF4N3O2/c1-12-4-7-14(11-17(12)25)19-29-20(31-21(33)30-19)15-10-13(5-8-16(15)24)6-9-18(32)22(2,3)23(26,27)28/h4-5,7-8,10-11H,6,9H2,1-3H3,(H,29,30,31,33). The van der Waals surface area contributed by atoms with Gasteiger partial charge in [0, 0.05) is 17.5 Å². The number of H-pyrrole nitrogens is 1. The maximum absolute atomic E-state index is 14.0. The summed E-state index contributed by atoms with van der Waals surface area (Å²) in [5, 5.41) is 0.219. The van der Waals surface area contributed by atoms with Gasteiger partial charge in [-0.3, -0.25) is 9.78 Å². The van der Waals surface area contributed by atoms with Crippen molar-refractivity contribution in [2.75, 3.05) is 0 Å². The predicted molar refractivity (Wildman–Crippen MR) is 116 cm³/mol. The average Bonchev–Trinajstić information content (AvgIpc) is 2.73. The topological polar surface area (TPSA) is 75.7 Å². The zero-order valence-corrected chi connectivity index (χ0v) is 18.7. The van der Waals surface area contributed by atoms with Crippen LogP contribution in [-0.4, -0.2) is 26.9 Å². The zero-order chi connectivity index (χ0) is 24.6. The average molecular weight is 482 g/mol. The smallest absolute Gasteiger partial charge is 0.299 e. The van der Waals surface area contributed by atoms with Crippen LogP contribution in [0.5, 0.6) is 0 Å². The molecule has 0 amide bonds. The second-order valence-corrected chi connectivity index (χ2v) is 8.56. The highest BCUT2D eigenvalue weighted by Gasteiger charge is 2.51. The van der Waals surface area contributed by atoms with Crippen molar-refractivity contribution in [1.29, 1.82) is 0 Å². The van der Waals surface area contributed by atoms with Gasteiger partial charge in [-0.25, -0.2) is 14.2 Å². The van der Waals surface area contributed by atoms with Gasteiger partial charge < -0.3 is 0 Å². The van der Waals surface area contributed by atoms with E-state index >= 15 is 0 Å². The first-order chi connectivity index (χ1) is 15.3. The van der Waals surface area contributed by atoms with Gasteiger partial charge in [-0.05, 0) is 56.5 Å². The summed E-state index contributed by atoms with van der Waals surface area (Å²) in [6, 6.07) is 8.92. The number of ketones is 1. The Balaban J connectivity index is 1.92. The number of halogens is 5. The summed E-state index contributed by atoms with van der Waals surface area (Å²) < 4.78 is 53.3. The van der Waals surface area contributed by atoms with Gasteiger partial charge in [-0.1, -0.05) is 29.8 Å². The Hall–Kier alpha value is -3.07. The zero-order valence-electron chi connectivity index (χ0n) is 18.0. The van der Waals surface area contributed by atoms with Crippen LogP contribution in [-0.2, 0) is 11.2 Å². The second-order valence-electron chi connectivity index (χ2n) is 8.15. The number of Topliss-reactive ketones (excluding diaryl/α,β-unsaturated/α-hetero) is 1. The molecule has 0 spiro atoms. The van der Waals surface area contributed by atoms with Gasteiger partial charge in [0.1, 0.15) is 22.8 Å². The maximum Gasteiger partial charge on any atom is 0.400 e. The molecule has 3 rings (SSSR count). The van der Waals surface area contributed by atoms with E-state index < -0.39 is 28.9 Å². The van der Waals surface area contributed by atoms with Gasteiger partial charge in [0.25, 0.3) is 0 Å². The van der Waals surface area contributed by atoms with Crippen molar-refractivity contribution in [3.63, 3.8) is 0 Å². The third-order valence-corrected chi connectivity index (χ3v) is 5.74. The highest BCUT2D eigenvalue weighted by Crippen LogP contribution is 2.39. The number of carbonyl (C=O) groups excluding carboxylic acids is 1. The Morgan fingerprint density at radius 1 is 1.09 bits per heavy atom. The first-order valence-electron chi connectivity index (χ1n) is 9.93. The number of alkyl halides is 3. The number of benzene rings is 2. The van der Waals surface area contributed by atoms with Crippen LogP contribution in [0, 0.1) is 18.2 Å². The van der Waals surface area contributed by atoms with Crippen LogP contribution in [0.4, 0.5) is 17.6 Å². The van der Waals surface area contributed by atoms with Gasteiger partial charge in [-0.2, -0.15) is 18.2 Å². The lowest BCUT2D eigenvalue weighted by atomic mass is 9.84. The summed E-state index contributed by atoms with van der Waals surface area (Å²) >= 11 is 6.26. The van der Waals surface area contributed by atoms with Gasteiger partial charge in [-0.15, -0.1) is 0 Å². The van der Waals surface area contributed by atoms with Crippen LogP contribution in [0.15, 0.2) is 41.2 Å². The fraction of sp³-hybridized carbons (Fsp3) is 0.304. The fourth-order valence-electron chi connectivity index (χ4n) is 3.01. The molecule has 10 heteroatoms. The number of hydrogen-bond donors (Lipinski definition) is 1. The molecular weight excluding hydrogens is 462 g/mol. The molecular formula is C23H20ClF4N3O2. The van der Waals surface area contributed by atoms with Crippen molar-refractivity contribution in [2.24, 2.45) is 5.41 Å². The van der Waals surface area contributed by atoms with E-state index in [1.165, 1.54) is 24.3 Å². The molecule has 3 aromatic rings. The second kappa shape index (κ2) is 9.05. The lowest BCUT2D eigenvalue weighted by Crippen LogP contribution is -2.39. The summed E-state index contributed by atoms with van der Waals surface area (Å²) in [4.78, 5) is 34.8. The van der Waals surface area contributed by atoms with E-state index in [4.69, 9.17) is 11.6 Å². The monoisotopic (exact) mass is 481 g/mol. The molecule has 33 heavy (non-hydrogen) atoms. The quantitative estimate of drug-likeness (QED) is 0.459. The molecule has 174 valence electrons. The number of carbonyl (C=O) groups is 1. The molecule has 1 aromatic heterocycles. The molecule has 0 fully saturated rings. The number of hydrogen-bond acceptors (Lipinski definition) is 4. The summed E-state index contributed by atoms with van der Waals surface area (Å²) in [5.41, 5.74) is -1.66. The van der Waals surface area contributed by atoms with E-state index in [0.29, 0.717) is 16.7 Å². The number of aromatic amines is 1. The number of aromatic nitrogens is 3. The van der Waals surface area contributed by atoms with E-state index in [0.717, 1.165) is 13.8 Å². The van der Waals surface area contributed by atoms with Gasteiger partial charge in [0.05, 0.1) is 5.02 Å². The van der Waals surface area contributed by atoms with E-state index in [1.54, 1.807) is 19.1 Å². The Morgan fingerprint density at radius 3 is 2.42 bits per heavy atom. The van der Waals surface area contributed by atoms with E-state index in [9.17, 15) is 27.2 Å². The number of aryl methyl sites for hydroxylation is 2. The molecule has 0 aliphatic carbocycles. The number of rotatable bonds is 6. The minimum atomic E-state index is -4.65. The van der Waals surface area contributed by atoms with Crippen molar-refractivity contribution in [2.45, 2.75) is 39.8 Å². The molecule has 0 radical (unpaired) electrons. The first kappa shape index (κ1) is 24.6. The molecule has 0 aliphatic heterocycles. The van der Waals surface area contributed by atoms with Crippen molar-refractivity contribution in [3.05, 3.63) is 68.8 Å². The molecule has 0 atom stereocenters. The van der Waals surface area contributed by atoms with E-state index in [1.807, 2.05) is 0 Å². The van der Waals surface area contributed by atoms with Gasteiger partial charge in [0.2, 0.25) is 0 Å². The lowest BCUT2D eigenvalue weighted by Gasteiger charge is -2.26. The molecule has 0 bridgehead atoms. The molecule has 1 N–H and O–H groups in total. The van der Waals surface area contributed by atoms with Crippen molar-refractivity contribution in [3.8, 4) is 22.8 Å². The molecule has 5 nitrogen and oxygen atoms in total. The van der Waals surface area contributed by atoms with E-state index in [-0.39, 0.29) is 35.1 Å². The highest BCUT2D eigenvalue weighted by molar-refractivity contribution is 6.33. The Kier molecular flexibility index (Phi) is 6.74. The summed E-state index contributed by atoms with van der Waals surface area (Å²) in [7, 11) is 0. The Morgan fingerprint density at radius 2 is 1.79 bits per heavy atom. The number of nitrogens with one attached hydrogen (secondary N) is 1. The summed E-state index contributed by atoms with van der Waals surface area (Å²) in [6.07, 6.45) is -4.95. The van der Waals surface area contributed by atoms with Gasteiger partial charge in [0.15, 0.2) is 5.82 Å². The third-order valence-electron chi connectivity index (χ3n) is 5.41. The highest BCUT2D eigenvalue weighted by atomic mass is 35.5. The molecule has 0 saturated carbocycles. The number of nitrogens with zero attached hydrogens (tertiary/aromatic N) is 2. The van der Waals surface area contributed by atoms with Crippen molar-refractivity contribution >= 4 is 17.4 Å². The van der Waals surface area contributed by atoms with Crippen molar-refractivity contribution < 1.29 is 22.4 Å². The normalized spacial score (nSPS) is 12.1. The van der Waals surface area contributed by atoms with Crippen LogP contribution >= 0.6 is 11.6 Å². The Labute approximate surface area is 191 Å². The molecule has 0 aliphatic rings. The SMILES string of the molecule is Cc1ccc(-c2nc(-c3cc(CCC(=O)C(C)(C)C(F)(F)F)ccc3Cl)[nH]c(=O)n2)cc1F. The minimum Gasteiger partial charge on any atom is -0.299 e. The van der Waals surface area contributed by atoms with Gasteiger partial charge >= 0.3 is 11.9 Å². The Bertz CT molecular complexity index is 1270. The van der Waals surface area contributed by atoms with E-state index in [2.05, 4.69) is 15.0 Å². The maximum atomic E-state index is 14.0. The molecule has 1 heterocycles. The van der Waals surface area contributed by atoms with Crippen molar-refractivity contribution in [1.82, 2.24) is 15.0 Å². The fourth-order valence-corrected chi connectivity index (χ4v) is 3.22.